The Kier molecular flexibility index (Phi) is 5.53. The number of rotatable bonds is 5. The molecule has 3 heteroatoms. The van der Waals surface area contributed by atoms with Gasteiger partial charge in [-0.05, 0) is 11.8 Å². The van der Waals surface area contributed by atoms with E-state index in [4.69, 9.17) is 0 Å². The summed E-state index contributed by atoms with van der Waals surface area (Å²) in [7, 11) is 0. The lowest BCUT2D eigenvalue weighted by atomic mass is 9.89. The van der Waals surface area contributed by atoms with Crippen molar-refractivity contribution in [1.29, 1.82) is 0 Å². The average Bonchev–Trinajstić information content (AvgIpc) is 2.00. The second-order valence-corrected chi connectivity index (χ2v) is 4.33. The molecule has 0 spiro atoms. The monoisotopic (exact) mass is 281 g/mol. The molecule has 0 aromatic carbocycles. The van der Waals surface area contributed by atoms with Crippen LogP contribution in [0.3, 0.4) is 0 Å². The van der Waals surface area contributed by atoms with E-state index in [-0.39, 0.29) is 11.3 Å². The van der Waals surface area contributed by atoms with Crippen molar-refractivity contribution >= 4 is 28.5 Å². The predicted molar refractivity (Wildman–Crippen MR) is 60.5 cm³/mol. The number of hydrogen-bond acceptors (Lipinski definition) is 1. The fraction of sp³-hybridized carbons (Fsp3) is 0.667. The number of halogens is 1. The summed E-state index contributed by atoms with van der Waals surface area (Å²) in [5, 5.41) is 2.86. The lowest BCUT2D eigenvalue weighted by molar-refractivity contribution is -0.118. The molecule has 0 heterocycles. The van der Waals surface area contributed by atoms with Crippen LogP contribution in [0.4, 0.5) is 0 Å². The highest BCUT2D eigenvalue weighted by molar-refractivity contribution is 14.1. The summed E-state index contributed by atoms with van der Waals surface area (Å²) in [5.41, 5.74) is 0.128. The molecular weight excluding hydrogens is 265 g/mol. The van der Waals surface area contributed by atoms with Crippen LogP contribution in [0.15, 0.2) is 12.7 Å². The molecule has 0 unspecified atom stereocenters. The molecule has 0 fully saturated rings. The molecule has 0 bridgehead atoms. The maximum atomic E-state index is 10.9. The van der Waals surface area contributed by atoms with E-state index in [0.29, 0.717) is 4.43 Å². The van der Waals surface area contributed by atoms with Crippen LogP contribution in [-0.2, 0) is 4.79 Å². The molecule has 1 N–H and O–H groups in total. The zero-order valence-electron chi connectivity index (χ0n) is 7.69. The Morgan fingerprint density at radius 1 is 1.67 bits per heavy atom. The van der Waals surface area contributed by atoms with Gasteiger partial charge >= 0.3 is 0 Å². The zero-order valence-corrected chi connectivity index (χ0v) is 9.85. The summed E-state index contributed by atoms with van der Waals surface area (Å²) in [6, 6.07) is 0. The Hall–Kier alpha value is -0.0600. The first-order valence-corrected chi connectivity index (χ1v) is 5.48. The minimum Gasteiger partial charge on any atom is -0.355 e. The molecule has 0 aliphatic carbocycles. The SMILES string of the molecule is C=CCC(C)(C)CNC(=O)CI. The van der Waals surface area contributed by atoms with Crippen LogP contribution in [0.2, 0.25) is 0 Å². The number of carbonyl (C=O) groups excluding carboxylic acids is 1. The minimum absolute atomic E-state index is 0.104. The maximum absolute atomic E-state index is 10.9. The normalized spacial score (nSPS) is 10.9. The smallest absolute Gasteiger partial charge is 0.229 e. The van der Waals surface area contributed by atoms with E-state index in [1.807, 2.05) is 6.08 Å². The Balaban J connectivity index is 3.74. The van der Waals surface area contributed by atoms with E-state index in [0.717, 1.165) is 13.0 Å². The van der Waals surface area contributed by atoms with Gasteiger partial charge in [-0.15, -0.1) is 6.58 Å². The Labute approximate surface area is 87.9 Å². The highest BCUT2D eigenvalue weighted by Gasteiger charge is 2.16. The van der Waals surface area contributed by atoms with Crippen LogP contribution in [-0.4, -0.2) is 16.9 Å². The van der Waals surface area contributed by atoms with Gasteiger partial charge in [-0.3, -0.25) is 4.79 Å². The van der Waals surface area contributed by atoms with Gasteiger partial charge < -0.3 is 5.32 Å². The maximum Gasteiger partial charge on any atom is 0.229 e. The first kappa shape index (κ1) is 11.9. The molecule has 1 amide bonds. The van der Waals surface area contributed by atoms with Crippen LogP contribution >= 0.6 is 22.6 Å². The minimum atomic E-state index is 0.104. The van der Waals surface area contributed by atoms with Crippen molar-refractivity contribution < 1.29 is 4.79 Å². The summed E-state index contributed by atoms with van der Waals surface area (Å²) in [4.78, 5) is 10.9. The second-order valence-electron chi connectivity index (χ2n) is 3.57. The molecule has 0 saturated carbocycles. The molecule has 12 heavy (non-hydrogen) atoms. The molecule has 0 aliphatic heterocycles. The Morgan fingerprint density at radius 2 is 2.25 bits per heavy atom. The van der Waals surface area contributed by atoms with Crippen LogP contribution in [0.5, 0.6) is 0 Å². The number of alkyl halides is 1. The summed E-state index contributed by atoms with van der Waals surface area (Å²) >= 11 is 2.05. The number of carbonyl (C=O) groups is 1. The van der Waals surface area contributed by atoms with Crippen LogP contribution in [0, 0.1) is 5.41 Å². The van der Waals surface area contributed by atoms with E-state index in [2.05, 4.69) is 48.3 Å². The Morgan fingerprint density at radius 3 is 2.67 bits per heavy atom. The highest BCUT2D eigenvalue weighted by Crippen LogP contribution is 2.18. The van der Waals surface area contributed by atoms with E-state index >= 15 is 0 Å². The molecule has 2 nitrogen and oxygen atoms in total. The third-order valence-electron chi connectivity index (χ3n) is 1.58. The molecule has 0 atom stereocenters. The van der Waals surface area contributed by atoms with Gasteiger partial charge in [-0.25, -0.2) is 0 Å². The first-order chi connectivity index (χ1) is 5.52. The first-order valence-electron chi connectivity index (χ1n) is 3.95. The molecule has 0 aliphatic rings. The van der Waals surface area contributed by atoms with Gasteiger partial charge in [0.2, 0.25) is 5.91 Å². The van der Waals surface area contributed by atoms with Gasteiger partial charge in [-0.1, -0.05) is 42.5 Å². The fourth-order valence-corrected chi connectivity index (χ4v) is 1.12. The van der Waals surface area contributed by atoms with Gasteiger partial charge in [0.15, 0.2) is 0 Å². The Bertz CT molecular complexity index is 166. The summed E-state index contributed by atoms with van der Waals surface area (Å²) < 4.78 is 0.530. The van der Waals surface area contributed by atoms with E-state index in [9.17, 15) is 4.79 Å². The zero-order chi connectivity index (χ0) is 9.61. The van der Waals surface area contributed by atoms with E-state index in [1.165, 1.54) is 0 Å². The molecular formula is C9H16INO. The number of amides is 1. The summed E-state index contributed by atoms with van der Waals surface area (Å²) in [6.45, 7) is 8.63. The number of allylic oxidation sites excluding steroid dienone is 1. The lowest BCUT2D eigenvalue weighted by Gasteiger charge is -2.22. The van der Waals surface area contributed by atoms with Crippen LogP contribution in [0.1, 0.15) is 20.3 Å². The third kappa shape index (κ3) is 5.57. The molecule has 0 saturated heterocycles. The summed E-state index contributed by atoms with van der Waals surface area (Å²) in [5.74, 6) is 0.104. The molecule has 0 aromatic heterocycles. The lowest BCUT2D eigenvalue weighted by Crippen LogP contribution is -2.34. The predicted octanol–water partition coefficient (Wildman–Crippen LogP) is 2.14. The summed E-state index contributed by atoms with van der Waals surface area (Å²) in [6.07, 6.45) is 2.81. The molecule has 0 aromatic rings. The van der Waals surface area contributed by atoms with Crippen molar-refractivity contribution in [3.8, 4) is 0 Å². The fourth-order valence-electron chi connectivity index (χ4n) is 0.848. The van der Waals surface area contributed by atoms with Gasteiger partial charge in [0.1, 0.15) is 0 Å². The van der Waals surface area contributed by atoms with Crippen molar-refractivity contribution in [3.05, 3.63) is 12.7 Å². The van der Waals surface area contributed by atoms with Gasteiger partial charge in [0.25, 0.3) is 0 Å². The molecule has 0 radical (unpaired) electrons. The van der Waals surface area contributed by atoms with Gasteiger partial charge in [0.05, 0.1) is 4.43 Å². The third-order valence-corrected chi connectivity index (χ3v) is 2.28. The highest BCUT2D eigenvalue weighted by atomic mass is 127. The van der Waals surface area contributed by atoms with Gasteiger partial charge in [-0.2, -0.15) is 0 Å². The number of hydrogen-bond donors (Lipinski definition) is 1. The molecule has 0 rings (SSSR count). The average molecular weight is 281 g/mol. The van der Waals surface area contributed by atoms with E-state index in [1.54, 1.807) is 0 Å². The number of nitrogens with one attached hydrogen (secondary N) is 1. The van der Waals surface area contributed by atoms with Gasteiger partial charge in [0, 0.05) is 6.54 Å². The van der Waals surface area contributed by atoms with E-state index < -0.39 is 0 Å². The quantitative estimate of drug-likeness (QED) is 0.467. The second kappa shape index (κ2) is 5.56. The standard InChI is InChI=1S/C9H16INO/c1-4-5-9(2,3)7-11-8(12)6-10/h4H,1,5-7H2,2-3H3,(H,11,12). The van der Waals surface area contributed by atoms with Crippen molar-refractivity contribution in [1.82, 2.24) is 5.32 Å². The largest absolute Gasteiger partial charge is 0.355 e. The topological polar surface area (TPSA) is 29.1 Å². The van der Waals surface area contributed by atoms with Crippen LogP contribution < -0.4 is 5.32 Å². The van der Waals surface area contributed by atoms with Crippen molar-refractivity contribution in [2.24, 2.45) is 5.41 Å². The van der Waals surface area contributed by atoms with Crippen molar-refractivity contribution in [2.45, 2.75) is 20.3 Å². The van der Waals surface area contributed by atoms with Crippen LogP contribution in [0.25, 0.3) is 0 Å². The van der Waals surface area contributed by atoms with Crippen molar-refractivity contribution in [3.63, 3.8) is 0 Å². The molecule has 70 valence electrons. The van der Waals surface area contributed by atoms with Crippen molar-refractivity contribution in [2.75, 3.05) is 11.0 Å².